The Hall–Kier alpha value is -4.42. The van der Waals surface area contributed by atoms with Gasteiger partial charge >= 0.3 is 0 Å². The van der Waals surface area contributed by atoms with Crippen molar-refractivity contribution in [3.8, 4) is 11.5 Å². The molecule has 6 rings (SSSR count). The molecule has 0 unspecified atom stereocenters. The van der Waals surface area contributed by atoms with Crippen molar-refractivity contribution in [3.63, 3.8) is 0 Å². The van der Waals surface area contributed by atoms with Gasteiger partial charge in [0.2, 0.25) is 5.91 Å². The molecule has 4 aromatic rings. The van der Waals surface area contributed by atoms with E-state index >= 15 is 0 Å². The fraction of sp³-hybridized carbons (Fsp3) is 0.300. The molecule has 0 bridgehead atoms. The van der Waals surface area contributed by atoms with E-state index in [0.29, 0.717) is 33.9 Å². The molecular formula is C30H32N6O5S. The number of para-hydroxylation sites is 2. The minimum atomic E-state index is -4.11. The molecule has 11 nitrogen and oxygen atoms in total. The highest BCUT2D eigenvalue weighted by molar-refractivity contribution is 7.92. The number of sulfonamides is 1. The number of nitrogens with one attached hydrogen (secondary N) is 3. The summed E-state index contributed by atoms with van der Waals surface area (Å²) in [6.07, 6.45) is 2.56. The van der Waals surface area contributed by atoms with Gasteiger partial charge in [0.15, 0.2) is 11.6 Å². The number of amides is 1. The molecular weight excluding hydrogens is 556 g/mol. The topological polar surface area (TPSA) is 135 Å². The molecule has 2 heterocycles. The Kier molecular flexibility index (Phi) is 7.56. The van der Waals surface area contributed by atoms with Gasteiger partial charge in [-0.25, -0.2) is 18.4 Å². The van der Waals surface area contributed by atoms with Gasteiger partial charge in [0, 0.05) is 49.2 Å². The number of anilines is 4. The Morgan fingerprint density at radius 3 is 2.19 bits per heavy atom. The second-order valence-electron chi connectivity index (χ2n) is 10.6. The lowest BCUT2D eigenvalue weighted by atomic mass is 9.98. The number of hydrogen-bond acceptors (Lipinski definition) is 9. The van der Waals surface area contributed by atoms with E-state index in [1.165, 1.54) is 25.0 Å². The summed E-state index contributed by atoms with van der Waals surface area (Å²) in [5.74, 6) is 1.87. The lowest BCUT2D eigenvalue weighted by Crippen LogP contribution is -2.52. The first-order valence-corrected chi connectivity index (χ1v) is 15.2. The quantitative estimate of drug-likeness (QED) is 0.232. The monoisotopic (exact) mass is 588 g/mol. The maximum absolute atomic E-state index is 13.6. The molecule has 1 saturated carbocycles. The van der Waals surface area contributed by atoms with Crippen molar-refractivity contribution < 1.29 is 22.7 Å². The van der Waals surface area contributed by atoms with Crippen molar-refractivity contribution in [1.82, 2.24) is 14.9 Å². The second-order valence-corrected chi connectivity index (χ2v) is 12.3. The highest BCUT2D eigenvalue weighted by Gasteiger charge is 2.36. The minimum absolute atomic E-state index is 0.00940. The standard InChI is InChI=1S/C30H32N6O5S/c1-40-23-12-22(13-24(15-23)41-2)31-28-29(34-27-9-4-3-8-26(27)33-28)35-42(38,39)25-7-5-6-21(14-25)32-30(37)20-17-36(18-20)16-19-10-11-19/h3-9,12-15,19-20H,10-11,16-18H2,1-2H3,(H,31,33)(H,32,37)(H,34,35). The van der Waals surface area contributed by atoms with Gasteiger partial charge in [-0.2, -0.15) is 0 Å². The average Bonchev–Trinajstić information content (AvgIpc) is 3.79. The fourth-order valence-electron chi connectivity index (χ4n) is 4.90. The third kappa shape index (κ3) is 6.24. The first-order chi connectivity index (χ1) is 20.3. The van der Waals surface area contributed by atoms with E-state index in [1.54, 1.807) is 62.8 Å². The number of ether oxygens (including phenoxy) is 2. The van der Waals surface area contributed by atoms with Gasteiger partial charge in [0.25, 0.3) is 10.0 Å². The van der Waals surface area contributed by atoms with Crippen LogP contribution in [0.4, 0.5) is 23.0 Å². The number of benzene rings is 3. The van der Waals surface area contributed by atoms with Crippen LogP contribution in [0.15, 0.2) is 71.6 Å². The summed E-state index contributed by atoms with van der Waals surface area (Å²) in [5.41, 5.74) is 2.07. The highest BCUT2D eigenvalue weighted by atomic mass is 32.2. The van der Waals surface area contributed by atoms with Crippen molar-refractivity contribution in [3.05, 3.63) is 66.7 Å². The highest BCUT2D eigenvalue weighted by Crippen LogP contribution is 2.33. The molecule has 2 fully saturated rings. The summed E-state index contributed by atoms with van der Waals surface area (Å²) in [5, 5.41) is 6.03. The van der Waals surface area contributed by atoms with Crippen LogP contribution in [0.2, 0.25) is 0 Å². The number of fused-ring (bicyclic) bond motifs is 1. The van der Waals surface area contributed by atoms with E-state index < -0.39 is 10.0 Å². The zero-order chi connectivity index (χ0) is 29.3. The number of nitrogens with zero attached hydrogens (tertiary/aromatic N) is 3. The van der Waals surface area contributed by atoms with Gasteiger partial charge in [0.1, 0.15) is 11.5 Å². The molecule has 1 saturated heterocycles. The molecule has 3 N–H and O–H groups in total. The number of likely N-dealkylation sites (tertiary alicyclic amines) is 1. The smallest absolute Gasteiger partial charge is 0.263 e. The Balaban J connectivity index is 1.23. The first kappa shape index (κ1) is 27.7. The number of methoxy groups -OCH3 is 2. The molecule has 1 aliphatic heterocycles. The van der Waals surface area contributed by atoms with E-state index in [0.717, 1.165) is 25.6 Å². The largest absolute Gasteiger partial charge is 0.497 e. The number of carbonyl (C=O) groups excluding carboxylic acids is 1. The summed E-state index contributed by atoms with van der Waals surface area (Å²) < 4.78 is 40.4. The van der Waals surface area contributed by atoms with Crippen LogP contribution in [0.3, 0.4) is 0 Å². The molecule has 0 spiro atoms. The molecule has 1 aliphatic carbocycles. The van der Waals surface area contributed by atoms with Crippen LogP contribution in [0.25, 0.3) is 11.0 Å². The lowest BCUT2D eigenvalue weighted by Gasteiger charge is -2.38. The molecule has 2 aliphatic rings. The van der Waals surface area contributed by atoms with Gasteiger partial charge in [-0.3, -0.25) is 9.52 Å². The van der Waals surface area contributed by atoms with Crippen molar-refractivity contribution in [2.24, 2.45) is 11.8 Å². The number of aromatic nitrogens is 2. The summed E-state index contributed by atoms with van der Waals surface area (Å²) in [6.45, 7) is 2.53. The van der Waals surface area contributed by atoms with Crippen LogP contribution in [-0.2, 0) is 14.8 Å². The summed E-state index contributed by atoms with van der Waals surface area (Å²) in [4.78, 5) is 24.3. The molecule has 1 aromatic heterocycles. The average molecular weight is 589 g/mol. The van der Waals surface area contributed by atoms with Gasteiger partial charge in [-0.1, -0.05) is 18.2 Å². The van der Waals surface area contributed by atoms with E-state index in [1.807, 2.05) is 6.07 Å². The second kappa shape index (κ2) is 11.5. The van der Waals surface area contributed by atoms with Crippen LogP contribution in [0, 0.1) is 11.8 Å². The van der Waals surface area contributed by atoms with Crippen LogP contribution in [-0.4, -0.2) is 63.0 Å². The maximum Gasteiger partial charge on any atom is 0.263 e. The van der Waals surface area contributed by atoms with Crippen molar-refractivity contribution >= 4 is 50.0 Å². The molecule has 0 atom stereocenters. The number of hydrogen-bond donors (Lipinski definition) is 3. The third-order valence-electron chi connectivity index (χ3n) is 7.37. The molecule has 42 heavy (non-hydrogen) atoms. The first-order valence-electron chi connectivity index (χ1n) is 13.7. The van der Waals surface area contributed by atoms with Crippen LogP contribution in [0.5, 0.6) is 11.5 Å². The zero-order valence-corrected chi connectivity index (χ0v) is 24.1. The molecule has 0 radical (unpaired) electrons. The molecule has 218 valence electrons. The number of rotatable bonds is 11. The summed E-state index contributed by atoms with van der Waals surface area (Å²) in [6, 6.07) is 18.5. The van der Waals surface area contributed by atoms with Gasteiger partial charge in [0.05, 0.1) is 36.1 Å². The predicted octanol–water partition coefficient (Wildman–Crippen LogP) is 4.47. The Morgan fingerprint density at radius 1 is 0.881 bits per heavy atom. The molecule has 12 heteroatoms. The van der Waals surface area contributed by atoms with Gasteiger partial charge in [-0.05, 0) is 49.1 Å². The molecule has 1 amide bonds. The fourth-order valence-corrected chi connectivity index (χ4v) is 5.95. The van der Waals surface area contributed by atoms with Gasteiger partial charge < -0.3 is 25.0 Å². The van der Waals surface area contributed by atoms with Crippen molar-refractivity contribution in [2.45, 2.75) is 17.7 Å². The third-order valence-corrected chi connectivity index (χ3v) is 8.71. The molecule has 3 aromatic carbocycles. The Bertz CT molecular complexity index is 1720. The van der Waals surface area contributed by atoms with E-state index in [-0.39, 0.29) is 28.4 Å². The summed E-state index contributed by atoms with van der Waals surface area (Å²) >= 11 is 0. The Morgan fingerprint density at radius 2 is 1.55 bits per heavy atom. The van der Waals surface area contributed by atoms with Crippen molar-refractivity contribution in [1.29, 1.82) is 0 Å². The van der Waals surface area contributed by atoms with Crippen LogP contribution < -0.4 is 24.8 Å². The van der Waals surface area contributed by atoms with Crippen LogP contribution >= 0.6 is 0 Å². The normalized spacial score (nSPS) is 15.6. The van der Waals surface area contributed by atoms with E-state index in [2.05, 4.69) is 30.2 Å². The SMILES string of the molecule is COc1cc(Nc2nc3ccccc3nc2NS(=O)(=O)c2cccc(NC(=O)C3CN(CC4CC4)C3)c2)cc(OC)c1. The maximum atomic E-state index is 13.6. The minimum Gasteiger partial charge on any atom is -0.497 e. The summed E-state index contributed by atoms with van der Waals surface area (Å²) in [7, 11) is -1.02. The lowest BCUT2D eigenvalue weighted by molar-refractivity contribution is -0.124. The van der Waals surface area contributed by atoms with Crippen molar-refractivity contribution in [2.75, 3.05) is 49.2 Å². The predicted molar refractivity (Wildman–Crippen MR) is 161 cm³/mol. The Labute approximate surface area is 244 Å². The van der Waals surface area contributed by atoms with Crippen LogP contribution in [0.1, 0.15) is 12.8 Å². The van der Waals surface area contributed by atoms with Gasteiger partial charge in [-0.15, -0.1) is 0 Å². The van der Waals surface area contributed by atoms with E-state index in [9.17, 15) is 13.2 Å². The number of carbonyl (C=O) groups is 1. The van der Waals surface area contributed by atoms with E-state index in [4.69, 9.17) is 9.47 Å². The zero-order valence-electron chi connectivity index (χ0n) is 23.3.